The molecule has 3 rings (SSSR count). The van der Waals surface area contributed by atoms with Crippen molar-refractivity contribution in [1.82, 2.24) is 4.90 Å². The quantitative estimate of drug-likeness (QED) is 0.602. The first-order valence-electron chi connectivity index (χ1n) is 7.85. The first-order valence-corrected chi connectivity index (χ1v) is 8.73. The number of hydrogen-bond donors (Lipinski definition) is 3. The number of amides is 1. The number of carbonyl (C=O) groups is 2. The molecule has 2 saturated heterocycles. The number of rotatable bonds is 5. The molecule has 0 bridgehead atoms. The van der Waals surface area contributed by atoms with Crippen LogP contribution in [0.1, 0.15) is 20.3 Å². The Bertz CT molecular complexity index is 564. The highest BCUT2D eigenvalue weighted by molar-refractivity contribution is 8.03. The van der Waals surface area contributed by atoms with Crippen molar-refractivity contribution >= 4 is 23.6 Å². The normalized spacial score (nSPS) is 37.8. The van der Waals surface area contributed by atoms with Crippen molar-refractivity contribution in [2.24, 2.45) is 17.6 Å². The summed E-state index contributed by atoms with van der Waals surface area (Å²) in [5.74, 6) is -2.03. The lowest BCUT2D eigenvalue weighted by molar-refractivity contribution is -0.163. The van der Waals surface area contributed by atoms with Crippen molar-refractivity contribution in [2.45, 2.75) is 43.8 Å². The average molecular weight is 342 g/mol. The minimum Gasteiger partial charge on any atom is -0.477 e. The van der Waals surface area contributed by atoms with Gasteiger partial charge in [-0.15, -0.1) is 11.8 Å². The molecule has 3 aliphatic heterocycles. The molecule has 7 nitrogen and oxygen atoms in total. The Morgan fingerprint density at radius 1 is 1.57 bits per heavy atom. The zero-order valence-electron chi connectivity index (χ0n) is 13.1. The van der Waals surface area contributed by atoms with Crippen LogP contribution in [0.5, 0.6) is 0 Å². The third kappa shape index (κ3) is 2.48. The highest BCUT2D eigenvalue weighted by atomic mass is 32.2. The van der Waals surface area contributed by atoms with E-state index < -0.39 is 18.0 Å². The number of hydrogen-bond acceptors (Lipinski definition) is 6. The van der Waals surface area contributed by atoms with Crippen LogP contribution in [0.4, 0.5) is 0 Å². The number of carboxylic acids is 1. The minimum atomic E-state index is -1.09. The predicted molar refractivity (Wildman–Crippen MR) is 84.4 cm³/mol. The molecule has 3 aliphatic rings. The molecule has 0 saturated carbocycles. The van der Waals surface area contributed by atoms with Gasteiger partial charge >= 0.3 is 5.97 Å². The van der Waals surface area contributed by atoms with Crippen molar-refractivity contribution in [1.29, 1.82) is 0 Å². The van der Waals surface area contributed by atoms with Crippen LogP contribution in [-0.2, 0) is 14.3 Å². The lowest BCUT2D eigenvalue weighted by Gasteiger charge is -2.46. The second-order valence-electron chi connectivity index (χ2n) is 6.36. The monoisotopic (exact) mass is 342 g/mol. The van der Waals surface area contributed by atoms with E-state index in [0.717, 1.165) is 6.42 Å². The van der Waals surface area contributed by atoms with Crippen LogP contribution in [0.3, 0.4) is 0 Å². The van der Waals surface area contributed by atoms with Crippen molar-refractivity contribution in [3.63, 3.8) is 0 Å². The summed E-state index contributed by atoms with van der Waals surface area (Å²) >= 11 is 1.47. The summed E-state index contributed by atoms with van der Waals surface area (Å²) in [6.07, 6.45) is -0.0582. The molecule has 1 amide bonds. The van der Waals surface area contributed by atoms with Crippen LogP contribution in [-0.4, -0.2) is 63.6 Å². The van der Waals surface area contributed by atoms with Crippen molar-refractivity contribution in [3.8, 4) is 0 Å². The summed E-state index contributed by atoms with van der Waals surface area (Å²) in [7, 11) is 0. The summed E-state index contributed by atoms with van der Waals surface area (Å²) in [6, 6.07) is -0.269. The molecule has 0 aromatic heterocycles. The lowest BCUT2D eigenvalue weighted by atomic mass is 9.79. The van der Waals surface area contributed by atoms with Gasteiger partial charge in [0, 0.05) is 29.2 Å². The van der Waals surface area contributed by atoms with Crippen molar-refractivity contribution in [3.05, 3.63) is 10.6 Å². The molecule has 128 valence electrons. The summed E-state index contributed by atoms with van der Waals surface area (Å²) in [6.45, 7) is 4.51. The number of aliphatic hydroxyl groups is 1. The first kappa shape index (κ1) is 16.8. The Morgan fingerprint density at radius 3 is 2.83 bits per heavy atom. The van der Waals surface area contributed by atoms with E-state index in [1.54, 1.807) is 6.92 Å². The number of β-lactam (4-membered cyclic amide) rings is 1. The van der Waals surface area contributed by atoms with Crippen LogP contribution in [0.25, 0.3) is 0 Å². The van der Waals surface area contributed by atoms with Gasteiger partial charge in [0.1, 0.15) is 5.70 Å². The smallest absolute Gasteiger partial charge is 0.353 e. The highest BCUT2D eigenvalue weighted by Gasteiger charge is 2.60. The molecule has 0 aromatic carbocycles. The van der Waals surface area contributed by atoms with E-state index in [-0.39, 0.29) is 34.9 Å². The number of ether oxygens (including phenoxy) is 1. The summed E-state index contributed by atoms with van der Waals surface area (Å²) in [4.78, 5) is 26.0. The molecule has 3 heterocycles. The fraction of sp³-hybridized carbons (Fsp3) is 0.733. The molecular formula is C15H22N2O5S. The molecule has 4 N–H and O–H groups in total. The van der Waals surface area contributed by atoms with Crippen LogP contribution in [0, 0.1) is 11.8 Å². The van der Waals surface area contributed by atoms with Crippen LogP contribution in [0.2, 0.25) is 0 Å². The zero-order chi connectivity index (χ0) is 16.9. The number of nitrogens with two attached hydrogens (primary N) is 1. The lowest BCUT2D eigenvalue weighted by Crippen LogP contribution is -2.63. The van der Waals surface area contributed by atoms with Gasteiger partial charge < -0.3 is 25.6 Å². The molecular weight excluding hydrogens is 320 g/mol. The molecule has 23 heavy (non-hydrogen) atoms. The molecule has 0 radical (unpaired) electrons. The maximum atomic E-state index is 12.3. The average Bonchev–Trinajstić information content (AvgIpc) is 3.01. The Morgan fingerprint density at radius 2 is 2.26 bits per heavy atom. The Kier molecular flexibility index (Phi) is 4.43. The van der Waals surface area contributed by atoms with Crippen LogP contribution >= 0.6 is 11.8 Å². The van der Waals surface area contributed by atoms with E-state index in [9.17, 15) is 19.8 Å². The molecule has 1 unspecified atom stereocenters. The maximum absolute atomic E-state index is 12.3. The minimum absolute atomic E-state index is 0.0667. The van der Waals surface area contributed by atoms with E-state index in [0.29, 0.717) is 18.1 Å². The van der Waals surface area contributed by atoms with E-state index in [2.05, 4.69) is 0 Å². The summed E-state index contributed by atoms with van der Waals surface area (Å²) in [5.41, 5.74) is 5.78. The van der Waals surface area contributed by atoms with Gasteiger partial charge in [-0.2, -0.15) is 0 Å². The number of carbonyl (C=O) groups excluding carboxylic acids is 1. The molecule has 0 aromatic rings. The molecule has 2 fully saturated rings. The molecule has 0 spiro atoms. The predicted octanol–water partition coefficient (Wildman–Crippen LogP) is -0.0105. The van der Waals surface area contributed by atoms with E-state index >= 15 is 0 Å². The molecule has 6 atom stereocenters. The fourth-order valence-electron chi connectivity index (χ4n) is 3.83. The van der Waals surface area contributed by atoms with Gasteiger partial charge in [0.05, 0.1) is 24.2 Å². The summed E-state index contributed by atoms with van der Waals surface area (Å²) in [5, 5.41) is 19.5. The van der Waals surface area contributed by atoms with Gasteiger partial charge in [0.25, 0.3) is 0 Å². The topological polar surface area (TPSA) is 113 Å². The van der Waals surface area contributed by atoms with Gasteiger partial charge in [-0.25, -0.2) is 4.79 Å². The van der Waals surface area contributed by atoms with Gasteiger partial charge in [-0.3, -0.25) is 4.79 Å². The number of aliphatic carboxylic acids is 1. The maximum Gasteiger partial charge on any atom is 0.353 e. The molecule has 0 aliphatic carbocycles. The fourth-order valence-corrected chi connectivity index (χ4v) is 5.36. The second kappa shape index (κ2) is 6.08. The SMILES string of the molecule is C[C@H]1C(S[C@H]2CCO[C@@H]2CN)=C(C(=O)O)N2C(=O)[C@H]([C@@H](C)O)C12. The number of fused-ring (bicyclic) bond motifs is 1. The number of nitrogens with zero attached hydrogens (tertiary/aromatic N) is 1. The highest BCUT2D eigenvalue weighted by Crippen LogP contribution is 2.52. The number of carboxylic acid groups (broad SMARTS) is 1. The molecule has 8 heteroatoms. The third-order valence-corrected chi connectivity index (χ3v) is 6.63. The largest absolute Gasteiger partial charge is 0.477 e. The van der Waals surface area contributed by atoms with Gasteiger partial charge in [-0.1, -0.05) is 6.92 Å². The number of aliphatic hydroxyl groups excluding tert-OH is 1. The van der Waals surface area contributed by atoms with Crippen molar-refractivity contribution < 1.29 is 24.5 Å². The third-order valence-electron chi connectivity index (χ3n) is 4.97. The standard InChI is InChI=1S/C15H22N2O5S/c1-6-11-10(7(2)18)14(19)17(11)12(15(20)21)13(6)23-9-3-4-22-8(9)5-16/h6-11,18H,3-5,16H2,1-2H3,(H,20,21)/t6-,7-,8-,9+,10-,11?/m1/s1. The van der Waals surface area contributed by atoms with Crippen LogP contribution in [0.15, 0.2) is 10.6 Å². The zero-order valence-corrected chi connectivity index (χ0v) is 14.0. The van der Waals surface area contributed by atoms with E-state index in [1.165, 1.54) is 16.7 Å². The van der Waals surface area contributed by atoms with Gasteiger partial charge in [0.2, 0.25) is 5.91 Å². The van der Waals surface area contributed by atoms with Gasteiger partial charge in [0.15, 0.2) is 0 Å². The first-order chi connectivity index (χ1) is 10.9. The number of thioether (sulfide) groups is 1. The Hall–Kier alpha value is -1.09. The van der Waals surface area contributed by atoms with E-state index in [1.807, 2.05) is 6.92 Å². The van der Waals surface area contributed by atoms with Crippen molar-refractivity contribution in [2.75, 3.05) is 13.2 Å². The summed E-state index contributed by atoms with van der Waals surface area (Å²) < 4.78 is 5.57. The Labute approximate surface area is 138 Å². The van der Waals surface area contributed by atoms with E-state index in [4.69, 9.17) is 10.5 Å². The van der Waals surface area contributed by atoms with Gasteiger partial charge in [-0.05, 0) is 13.3 Å². The second-order valence-corrected chi connectivity index (χ2v) is 7.64. The Balaban J connectivity index is 1.89. The van der Waals surface area contributed by atoms with Crippen LogP contribution < -0.4 is 5.73 Å².